The molecule has 0 saturated carbocycles. The van der Waals surface area contributed by atoms with Gasteiger partial charge in [0.2, 0.25) is 0 Å². The molecule has 7 nitrogen and oxygen atoms in total. The van der Waals surface area contributed by atoms with Crippen molar-refractivity contribution in [2.24, 2.45) is 0 Å². The lowest BCUT2D eigenvalue weighted by atomic mass is 10.2. The standard InChI is InChI=1S/C20H19N5O2/c1-27-12-11-25-18(24-20(26)13-7-3-2-4-8-13)16(21)17-19(25)23-15-10-6-5-9-14(15)22-17/h2-10H,11-12,21H2,1H3,(H,24,26). The summed E-state index contributed by atoms with van der Waals surface area (Å²) in [6.07, 6.45) is 0. The number of nitrogens with one attached hydrogen (secondary N) is 1. The van der Waals surface area contributed by atoms with Gasteiger partial charge in [-0.05, 0) is 24.3 Å². The molecule has 136 valence electrons. The van der Waals surface area contributed by atoms with E-state index >= 15 is 0 Å². The van der Waals surface area contributed by atoms with Crippen LogP contribution in [-0.4, -0.2) is 34.2 Å². The van der Waals surface area contributed by atoms with Crippen molar-refractivity contribution in [1.29, 1.82) is 0 Å². The number of carbonyl (C=O) groups excluding carboxylic acids is 1. The van der Waals surface area contributed by atoms with Crippen LogP contribution in [0.2, 0.25) is 0 Å². The van der Waals surface area contributed by atoms with E-state index in [4.69, 9.17) is 15.5 Å². The molecule has 0 saturated heterocycles. The third-order valence-electron chi connectivity index (χ3n) is 4.37. The van der Waals surface area contributed by atoms with E-state index in [2.05, 4.69) is 10.3 Å². The summed E-state index contributed by atoms with van der Waals surface area (Å²) in [4.78, 5) is 22.0. The average molecular weight is 361 g/mol. The molecule has 0 bridgehead atoms. The molecule has 1 amide bonds. The SMILES string of the molecule is COCCn1c(NC(=O)c2ccccc2)c(N)c2nc3ccccc3nc21. The second-order valence-electron chi connectivity index (χ2n) is 6.11. The summed E-state index contributed by atoms with van der Waals surface area (Å²) in [5.74, 6) is 0.236. The van der Waals surface area contributed by atoms with E-state index < -0.39 is 0 Å². The Balaban J connectivity index is 1.85. The van der Waals surface area contributed by atoms with Gasteiger partial charge in [-0.25, -0.2) is 9.97 Å². The number of rotatable bonds is 5. The summed E-state index contributed by atoms with van der Waals surface area (Å²) in [7, 11) is 1.62. The molecule has 27 heavy (non-hydrogen) atoms. The molecule has 3 N–H and O–H groups in total. The zero-order chi connectivity index (χ0) is 18.8. The number of para-hydroxylation sites is 2. The Bertz CT molecular complexity index is 1120. The molecule has 0 fully saturated rings. The smallest absolute Gasteiger partial charge is 0.256 e. The number of anilines is 2. The number of amides is 1. The fourth-order valence-electron chi connectivity index (χ4n) is 3.03. The quantitative estimate of drug-likeness (QED) is 0.570. The molecule has 0 atom stereocenters. The van der Waals surface area contributed by atoms with Gasteiger partial charge in [-0.2, -0.15) is 0 Å². The van der Waals surface area contributed by atoms with Gasteiger partial charge in [-0.15, -0.1) is 0 Å². The first-order valence-electron chi connectivity index (χ1n) is 8.59. The Labute approximate surface area is 155 Å². The summed E-state index contributed by atoms with van der Waals surface area (Å²) in [5, 5.41) is 2.91. The largest absolute Gasteiger partial charge is 0.394 e. The molecule has 0 radical (unpaired) electrons. The van der Waals surface area contributed by atoms with E-state index in [-0.39, 0.29) is 5.91 Å². The lowest BCUT2D eigenvalue weighted by molar-refractivity contribution is 0.102. The van der Waals surface area contributed by atoms with Gasteiger partial charge in [0.1, 0.15) is 17.0 Å². The van der Waals surface area contributed by atoms with Crippen molar-refractivity contribution < 1.29 is 9.53 Å². The number of hydrogen-bond acceptors (Lipinski definition) is 5. The van der Waals surface area contributed by atoms with Crippen LogP contribution in [0.5, 0.6) is 0 Å². The molecule has 0 unspecified atom stereocenters. The number of carbonyl (C=O) groups is 1. The van der Waals surface area contributed by atoms with E-state index in [1.54, 1.807) is 19.2 Å². The van der Waals surface area contributed by atoms with Crippen LogP contribution >= 0.6 is 0 Å². The van der Waals surface area contributed by atoms with Crippen LogP contribution < -0.4 is 11.1 Å². The minimum absolute atomic E-state index is 0.242. The van der Waals surface area contributed by atoms with Gasteiger partial charge < -0.3 is 20.4 Å². The fourth-order valence-corrected chi connectivity index (χ4v) is 3.03. The van der Waals surface area contributed by atoms with Crippen LogP contribution in [0.25, 0.3) is 22.2 Å². The van der Waals surface area contributed by atoms with Crippen molar-refractivity contribution in [2.45, 2.75) is 6.54 Å². The second-order valence-corrected chi connectivity index (χ2v) is 6.11. The number of benzene rings is 2. The monoisotopic (exact) mass is 361 g/mol. The maximum absolute atomic E-state index is 12.7. The Morgan fingerprint density at radius 2 is 1.74 bits per heavy atom. The summed E-state index contributed by atoms with van der Waals surface area (Å²) in [6, 6.07) is 16.6. The van der Waals surface area contributed by atoms with Crippen molar-refractivity contribution in [3.05, 3.63) is 60.2 Å². The van der Waals surface area contributed by atoms with E-state index in [9.17, 15) is 4.79 Å². The Kier molecular flexibility index (Phi) is 4.43. The number of methoxy groups -OCH3 is 1. The van der Waals surface area contributed by atoms with Crippen LogP contribution in [0.15, 0.2) is 54.6 Å². The maximum atomic E-state index is 12.7. The van der Waals surface area contributed by atoms with E-state index in [1.807, 2.05) is 47.0 Å². The first-order chi connectivity index (χ1) is 13.2. The van der Waals surface area contributed by atoms with Crippen LogP contribution in [0, 0.1) is 0 Å². The number of ether oxygens (including phenoxy) is 1. The molecular weight excluding hydrogens is 342 g/mol. The highest BCUT2D eigenvalue weighted by atomic mass is 16.5. The summed E-state index contributed by atoms with van der Waals surface area (Å²) in [6.45, 7) is 0.938. The molecule has 4 aromatic rings. The fraction of sp³-hybridized carbons (Fsp3) is 0.150. The zero-order valence-corrected chi connectivity index (χ0v) is 14.8. The molecule has 2 aromatic carbocycles. The normalized spacial score (nSPS) is 11.1. The van der Waals surface area contributed by atoms with Gasteiger partial charge in [0.05, 0.1) is 17.6 Å². The van der Waals surface area contributed by atoms with Gasteiger partial charge in [-0.1, -0.05) is 30.3 Å². The minimum Gasteiger partial charge on any atom is -0.394 e. The van der Waals surface area contributed by atoms with Gasteiger partial charge >= 0.3 is 0 Å². The predicted molar refractivity (Wildman–Crippen MR) is 106 cm³/mol. The van der Waals surface area contributed by atoms with Crippen molar-refractivity contribution in [3.8, 4) is 0 Å². The van der Waals surface area contributed by atoms with E-state index in [1.165, 1.54) is 0 Å². The molecule has 0 spiro atoms. The number of nitrogens with two attached hydrogens (primary N) is 1. The summed E-state index contributed by atoms with van der Waals surface area (Å²) >= 11 is 0. The molecule has 4 rings (SSSR count). The van der Waals surface area contributed by atoms with Crippen LogP contribution in [0.1, 0.15) is 10.4 Å². The highest BCUT2D eigenvalue weighted by Crippen LogP contribution is 2.32. The van der Waals surface area contributed by atoms with Crippen LogP contribution in [0.3, 0.4) is 0 Å². The molecular formula is C20H19N5O2. The number of hydrogen-bond donors (Lipinski definition) is 2. The van der Waals surface area contributed by atoms with Gasteiger partial charge in [0.15, 0.2) is 5.65 Å². The van der Waals surface area contributed by atoms with E-state index in [0.717, 1.165) is 11.0 Å². The highest BCUT2D eigenvalue weighted by molar-refractivity contribution is 6.09. The topological polar surface area (TPSA) is 95.1 Å². The molecule has 2 aromatic heterocycles. The summed E-state index contributed by atoms with van der Waals surface area (Å²) < 4.78 is 7.06. The molecule has 0 aliphatic carbocycles. The third-order valence-corrected chi connectivity index (χ3v) is 4.37. The Hall–Kier alpha value is -3.45. The van der Waals surface area contributed by atoms with Crippen molar-refractivity contribution >= 4 is 39.6 Å². The van der Waals surface area contributed by atoms with Crippen LogP contribution in [0.4, 0.5) is 11.5 Å². The summed E-state index contributed by atoms with van der Waals surface area (Å²) in [5.41, 5.74) is 9.99. The van der Waals surface area contributed by atoms with Crippen molar-refractivity contribution in [1.82, 2.24) is 14.5 Å². The number of aromatic nitrogens is 3. The maximum Gasteiger partial charge on any atom is 0.256 e. The van der Waals surface area contributed by atoms with Gasteiger partial charge in [0, 0.05) is 19.2 Å². The Morgan fingerprint density at radius 1 is 1.07 bits per heavy atom. The predicted octanol–water partition coefficient (Wildman–Crippen LogP) is 3.07. The second kappa shape index (κ2) is 7.05. The first kappa shape index (κ1) is 17.0. The average Bonchev–Trinajstić information content (AvgIpc) is 2.96. The van der Waals surface area contributed by atoms with Crippen LogP contribution in [-0.2, 0) is 11.3 Å². The molecule has 2 heterocycles. The molecule has 7 heteroatoms. The van der Waals surface area contributed by atoms with Gasteiger partial charge in [-0.3, -0.25) is 4.79 Å². The lowest BCUT2D eigenvalue weighted by Gasteiger charge is -2.11. The molecule has 0 aliphatic rings. The molecule has 0 aliphatic heterocycles. The zero-order valence-electron chi connectivity index (χ0n) is 14.8. The minimum atomic E-state index is -0.242. The number of nitrogen functional groups attached to an aromatic ring is 1. The Morgan fingerprint density at radius 3 is 2.44 bits per heavy atom. The number of fused-ring (bicyclic) bond motifs is 2. The highest BCUT2D eigenvalue weighted by Gasteiger charge is 2.20. The number of nitrogens with zero attached hydrogens (tertiary/aromatic N) is 3. The van der Waals surface area contributed by atoms with Gasteiger partial charge in [0.25, 0.3) is 5.91 Å². The van der Waals surface area contributed by atoms with Crippen molar-refractivity contribution in [3.63, 3.8) is 0 Å². The van der Waals surface area contributed by atoms with Crippen molar-refractivity contribution in [2.75, 3.05) is 24.8 Å². The third kappa shape index (κ3) is 3.09. The van der Waals surface area contributed by atoms with E-state index in [0.29, 0.717) is 41.4 Å². The first-order valence-corrected chi connectivity index (χ1v) is 8.59. The lowest BCUT2D eigenvalue weighted by Crippen LogP contribution is -2.17.